The average Bonchev–Trinajstić information content (AvgIpc) is 3.40. The Balaban J connectivity index is 1.56. The molecule has 24 heavy (non-hydrogen) atoms. The topological polar surface area (TPSA) is 64.6 Å². The molecule has 1 saturated carbocycles. The Bertz CT molecular complexity index is 564. The summed E-state index contributed by atoms with van der Waals surface area (Å²) in [5.74, 6) is 0.843. The van der Waals surface area contributed by atoms with Gasteiger partial charge in [-0.25, -0.2) is 0 Å². The highest BCUT2D eigenvalue weighted by Gasteiger charge is 2.27. The molecule has 1 aromatic carbocycles. The van der Waals surface area contributed by atoms with Gasteiger partial charge in [0.1, 0.15) is 0 Å². The molecule has 2 fully saturated rings. The molecule has 1 saturated heterocycles. The van der Waals surface area contributed by atoms with Gasteiger partial charge in [0.25, 0.3) is 5.91 Å². The maximum absolute atomic E-state index is 12.2. The average molecular weight is 331 g/mol. The number of nitrogens with one attached hydrogen (secondary N) is 2. The van der Waals surface area contributed by atoms with Crippen molar-refractivity contribution in [3.05, 3.63) is 29.3 Å². The van der Waals surface area contributed by atoms with Crippen molar-refractivity contribution in [2.75, 3.05) is 38.1 Å². The van der Waals surface area contributed by atoms with Crippen LogP contribution in [0.1, 0.15) is 41.6 Å². The van der Waals surface area contributed by atoms with Crippen LogP contribution in [0.25, 0.3) is 0 Å². The van der Waals surface area contributed by atoms with Crippen LogP contribution in [0.5, 0.6) is 0 Å². The van der Waals surface area contributed by atoms with Gasteiger partial charge >= 0.3 is 0 Å². The fourth-order valence-corrected chi connectivity index (χ4v) is 3.45. The molecule has 0 unspecified atom stereocenters. The van der Waals surface area contributed by atoms with Crippen LogP contribution in [0.2, 0.25) is 0 Å². The molecule has 1 aromatic rings. The number of carbonyl (C=O) groups is 1. The molecule has 1 heterocycles. The molecule has 0 radical (unpaired) electrons. The molecule has 5 heteroatoms. The number of aliphatic hydroxyl groups is 1. The fourth-order valence-electron chi connectivity index (χ4n) is 3.45. The lowest BCUT2D eigenvalue weighted by atomic mass is 10.0. The maximum Gasteiger partial charge on any atom is 0.251 e. The lowest BCUT2D eigenvalue weighted by molar-refractivity contribution is 0.0944. The smallest absolute Gasteiger partial charge is 0.251 e. The predicted octanol–water partition coefficient (Wildman–Crippen LogP) is 2.00. The van der Waals surface area contributed by atoms with Crippen LogP contribution < -0.4 is 10.6 Å². The number of aliphatic hydroxyl groups excluding tert-OH is 1. The molecule has 3 N–H and O–H groups in total. The number of hydrogen-bond donors (Lipinski definition) is 3. The summed E-state index contributed by atoms with van der Waals surface area (Å²) in [7, 11) is 0. The van der Waals surface area contributed by atoms with Gasteiger partial charge in [-0.05, 0) is 56.2 Å². The van der Waals surface area contributed by atoms with Gasteiger partial charge in [0, 0.05) is 43.5 Å². The Hall–Kier alpha value is -1.59. The van der Waals surface area contributed by atoms with Crippen molar-refractivity contribution in [1.82, 2.24) is 10.2 Å². The van der Waals surface area contributed by atoms with Crippen molar-refractivity contribution in [3.63, 3.8) is 0 Å². The third-order valence-electron chi connectivity index (χ3n) is 5.14. The quantitative estimate of drug-likeness (QED) is 0.715. The van der Waals surface area contributed by atoms with Gasteiger partial charge in [0.05, 0.1) is 6.61 Å². The van der Waals surface area contributed by atoms with Gasteiger partial charge in [-0.1, -0.05) is 6.07 Å². The number of hydrogen-bond acceptors (Lipinski definition) is 4. The van der Waals surface area contributed by atoms with E-state index in [2.05, 4.69) is 21.6 Å². The first-order chi connectivity index (χ1) is 11.7. The van der Waals surface area contributed by atoms with E-state index in [9.17, 15) is 4.79 Å². The number of piperidine rings is 1. The van der Waals surface area contributed by atoms with Gasteiger partial charge in [-0.15, -0.1) is 0 Å². The lowest BCUT2D eigenvalue weighted by Crippen LogP contribution is -2.40. The largest absolute Gasteiger partial charge is 0.395 e. The summed E-state index contributed by atoms with van der Waals surface area (Å²) in [6.45, 7) is 5.86. The maximum atomic E-state index is 12.2. The molecule has 1 aliphatic heterocycles. The highest BCUT2D eigenvalue weighted by Crippen LogP contribution is 2.31. The van der Waals surface area contributed by atoms with Gasteiger partial charge < -0.3 is 20.6 Å². The fraction of sp³-hybridized carbons (Fsp3) is 0.632. The normalized spacial score (nSPS) is 19.2. The van der Waals surface area contributed by atoms with Gasteiger partial charge in [-0.2, -0.15) is 0 Å². The van der Waals surface area contributed by atoms with Crippen LogP contribution in [0.15, 0.2) is 18.2 Å². The molecule has 0 bridgehead atoms. The van der Waals surface area contributed by atoms with E-state index in [0.29, 0.717) is 11.6 Å². The minimum atomic E-state index is -0.121. The number of nitrogens with zero attached hydrogens (tertiary/aromatic N) is 1. The van der Waals surface area contributed by atoms with Crippen molar-refractivity contribution >= 4 is 11.6 Å². The third-order valence-corrected chi connectivity index (χ3v) is 5.14. The zero-order valence-electron chi connectivity index (χ0n) is 14.6. The summed E-state index contributed by atoms with van der Waals surface area (Å²) in [6.07, 6.45) is 5.16. The van der Waals surface area contributed by atoms with Crippen molar-refractivity contribution in [2.45, 2.75) is 38.6 Å². The van der Waals surface area contributed by atoms with E-state index in [0.717, 1.165) is 30.0 Å². The summed E-state index contributed by atoms with van der Waals surface area (Å²) < 4.78 is 0. The van der Waals surface area contributed by atoms with Crippen molar-refractivity contribution in [2.24, 2.45) is 5.92 Å². The molecule has 1 amide bonds. The molecule has 5 nitrogen and oxygen atoms in total. The second-order valence-electron chi connectivity index (χ2n) is 7.12. The minimum absolute atomic E-state index is 0.0395. The summed E-state index contributed by atoms with van der Waals surface area (Å²) >= 11 is 0. The molecule has 1 aliphatic carbocycles. The standard InChI is InChI=1S/C19H29N3O2/c1-14-17(19(24)20-9-12-23)3-2-4-18(14)21-16-7-10-22(11-8-16)13-15-5-6-15/h2-4,15-16,21,23H,5-13H2,1H3,(H,20,24). The van der Waals surface area contributed by atoms with Crippen LogP contribution in [0, 0.1) is 12.8 Å². The zero-order chi connectivity index (χ0) is 16.9. The van der Waals surface area contributed by atoms with E-state index in [-0.39, 0.29) is 19.1 Å². The minimum Gasteiger partial charge on any atom is -0.395 e. The molecular weight excluding hydrogens is 302 g/mol. The van der Waals surface area contributed by atoms with Crippen molar-refractivity contribution < 1.29 is 9.90 Å². The molecule has 0 spiro atoms. The highest BCUT2D eigenvalue weighted by atomic mass is 16.3. The van der Waals surface area contributed by atoms with Crippen LogP contribution in [-0.2, 0) is 0 Å². The van der Waals surface area contributed by atoms with Crippen molar-refractivity contribution in [3.8, 4) is 0 Å². The Labute approximate surface area is 144 Å². The van der Waals surface area contributed by atoms with E-state index < -0.39 is 0 Å². The predicted molar refractivity (Wildman–Crippen MR) is 96.4 cm³/mol. The van der Waals surface area contributed by atoms with Gasteiger partial charge in [0.2, 0.25) is 0 Å². The summed E-state index contributed by atoms with van der Waals surface area (Å²) in [4.78, 5) is 14.8. The molecule has 132 valence electrons. The summed E-state index contributed by atoms with van der Waals surface area (Å²) in [5, 5.41) is 15.2. The molecular formula is C19H29N3O2. The summed E-state index contributed by atoms with van der Waals surface area (Å²) in [5.41, 5.74) is 2.71. The van der Waals surface area contributed by atoms with E-state index in [1.165, 1.54) is 32.5 Å². The van der Waals surface area contributed by atoms with Crippen LogP contribution in [0.3, 0.4) is 0 Å². The molecule has 3 rings (SSSR count). The molecule has 2 aliphatic rings. The van der Waals surface area contributed by atoms with Crippen LogP contribution >= 0.6 is 0 Å². The number of carbonyl (C=O) groups excluding carboxylic acids is 1. The van der Waals surface area contributed by atoms with Crippen molar-refractivity contribution in [1.29, 1.82) is 0 Å². The first-order valence-electron chi connectivity index (χ1n) is 9.15. The number of rotatable bonds is 7. The van der Waals surface area contributed by atoms with E-state index >= 15 is 0 Å². The van der Waals surface area contributed by atoms with Crippen LogP contribution in [0.4, 0.5) is 5.69 Å². The van der Waals surface area contributed by atoms with E-state index in [4.69, 9.17) is 5.11 Å². The van der Waals surface area contributed by atoms with Crippen LogP contribution in [-0.4, -0.2) is 54.7 Å². The second kappa shape index (κ2) is 7.99. The second-order valence-corrected chi connectivity index (χ2v) is 7.12. The highest BCUT2D eigenvalue weighted by molar-refractivity contribution is 5.97. The van der Waals surface area contributed by atoms with Gasteiger partial charge in [0.15, 0.2) is 0 Å². The first kappa shape index (κ1) is 17.2. The number of benzene rings is 1. The Morgan fingerprint density at radius 3 is 2.67 bits per heavy atom. The van der Waals surface area contributed by atoms with E-state index in [1.54, 1.807) is 0 Å². The molecule has 0 atom stereocenters. The Morgan fingerprint density at radius 2 is 2.00 bits per heavy atom. The summed E-state index contributed by atoms with van der Waals surface area (Å²) in [6, 6.07) is 6.29. The Kier molecular flexibility index (Phi) is 5.74. The monoisotopic (exact) mass is 331 g/mol. The van der Waals surface area contributed by atoms with E-state index in [1.807, 2.05) is 19.1 Å². The third kappa shape index (κ3) is 4.48. The number of likely N-dealkylation sites (tertiary alicyclic amines) is 1. The lowest BCUT2D eigenvalue weighted by Gasteiger charge is -2.33. The SMILES string of the molecule is Cc1c(NC2CCN(CC3CC3)CC2)cccc1C(=O)NCCO. The Morgan fingerprint density at radius 1 is 1.25 bits per heavy atom. The number of anilines is 1. The molecule has 0 aromatic heterocycles. The zero-order valence-corrected chi connectivity index (χ0v) is 14.6. The number of amides is 1. The first-order valence-corrected chi connectivity index (χ1v) is 9.15. The van der Waals surface area contributed by atoms with Gasteiger partial charge in [-0.3, -0.25) is 4.79 Å².